The second-order valence-electron chi connectivity index (χ2n) is 6.88. The maximum atomic E-state index is 12.4. The van der Waals surface area contributed by atoms with Gasteiger partial charge in [0.15, 0.2) is 0 Å². The van der Waals surface area contributed by atoms with E-state index in [4.69, 9.17) is 9.47 Å². The SMILES string of the molecule is CCCCOC(=O)c1ccccc1NC(=O)C(=O)Nc1ccc(Oc2ccccc2)cc1. The number of anilines is 2. The number of benzene rings is 3. The normalized spacial score (nSPS) is 10.2. The molecule has 0 saturated carbocycles. The highest BCUT2D eigenvalue weighted by molar-refractivity contribution is 6.43. The van der Waals surface area contributed by atoms with Gasteiger partial charge in [-0.15, -0.1) is 0 Å². The maximum absolute atomic E-state index is 12.4. The molecule has 0 bridgehead atoms. The monoisotopic (exact) mass is 432 g/mol. The number of carbonyl (C=O) groups is 3. The van der Waals surface area contributed by atoms with E-state index in [0.29, 0.717) is 23.8 Å². The Morgan fingerprint density at radius 1 is 0.750 bits per heavy atom. The van der Waals surface area contributed by atoms with Crippen LogP contribution in [0.3, 0.4) is 0 Å². The molecule has 0 aliphatic carbocycles. The molecule has 0 aliphatic rings. The summed E-state index contributed by atoms with van der Waals surface area (Å²) < 4.78 is 10.9. The predicted molar refractivity (Wildman–Crippen MR) is 122 cm³/mol. The number of carbonyl (C=O) groups excluding carboxylic acids is 3. The minimum Gasteiger partial charge on any atom is -0.462 e. The van der Waals surface area contributed by atoms with E-state index in [1.165, 1.54) is 12.1 Å². The van der Waals surface area contributed by atoms with E-state index >= 15 is 0 Å². The second kappa shape index (κ2) is 11.3. The summed E-state index contributed by atoms with van der Waals surface area (Å²) in [5, 5.41) is 4.99. The van der Waals surface area contributed by atoms with Gasteiger partial charge < -0.3 is 20.1 Å². The van der Waals surface area contributed by atoms with Gasteiger partial charge in [0, 0.05) is 5.69 Å². The number of esters is 1. The van der Waals surface area contributed by atoms with Crippen molar-refractivity contribution in [3.8, 4) is 11.5 Å². The van der Waals surface area contributed by atoms with Crippen LogP contribution in [-0.4, -0.2) is 24.4 Å². The van der Waals surface area contributed by atoms with E-state index in [1.807, 2.05) is 37.3 Å². The van der Waals surface area contributed by atoms with Crippen LogP contribution in [0, 0.1) is 0 Å². The number of hydrogen-bond donors (Lipinski definition) is 2. The standard InChI is InChI=1S/C25H24N2O5/c1-2-3-17-31-25(30)21-11-7-8-12-22(21)27-24(29)23(28)26-18-13-15-20(16-14-18)32-19-9-5-4-6-10-19/h4-16H,2-3,17H2,1H3,(H,26,28)(H,27,29). The van der Waals surface area contributed by atoms with Gasteiger partial charge in [0.25, 0.3) is 0 Å². The summed E-state index contributed by atoms with van der Waals surface area (Å²) in [7, 11) is 0. The molecule has 0 aliphatic heterocycles. The second-order valence-corrected chi connectivity index (χ2v) is 6.88. The first-order valence-corrected chi connectivity index (χ1v) is 10.3. The van der Waals surface area contributed by atoms with Crippen LogP contribution < -0.4 is 15.4 Å². The van der Waals surface area contributed by atoms with Crippen molar-refractivity contribution in [3.63, 3.8) is 0 Å². The zero-order chi connectivity index (χ0) is 22.8. The van der Waals surface area contributed by atoms with Crippen LogP contribution in [0.5, 0.6) is 11.5 Å². The minimum atomic E-state index is -0.900. The summed E-state index contributed by atoms with van der Waals surface area (Å²) in [6, 6.07) is 22.3. The average molecular weight is 432 g/mol. The van der Waals surface area contributed by atoms with Gasteiger partial charge >= 0.3 is 17.8 Å². The molecule has 164 valence electrons. The molecule has 2 N–H and O–H groups in total. The number of hydrogen-bond acceptors (Lipinski definition) is 5. The summed E-state index contributed by atoms with van der Waals surface area (Å²) in [6.07, 6.45) is 1.64. The van der Waals surface area contributed by atoms with Gasteiger partial charge in [-0.3, -0.25) is 9.59 Å². The van der Waals surface area contributed by atoms with Crippen LogP contribution in [-0.2, 0) is 14.3 Å². The highest BCUT2D eigenvalue weighted by atomic mass is 16.5. The Kier molecular flexibility index (Phi) is 7.97. The molecule has 32 heavy (non-hydrogen) atoms. The maximum Gasteiger partial charge on any atom is 0.340 e. The van der Waals surface area contributed by atoms with Crippen LogP contribution in [0.15, 0.2) is 78.9 Å². The molecule has 7 nitrogen and oxygen atoms in total. The number of nitrogens with one attached hydrogen (secondary N) is 2. The fourth-order valence-corrected chi connectivity index (χ4v) is 2.75. The Bertz CT molecular complexity index is 1070. The molecule has 0 aromatic heterocycles. The molecule has 2 amide bonds. The van der Waals surface area contributed by atoms with Gasteiger partial charge in [-0.1, -0.05) is 43.7 Å². The number of ether oxygens (including phenoxy) is 2. The van der Waals surface area contributed by atoms with Gasteiger partial charge in [0.2, 0.25) is 0 Å². The van der Waals surface area contributed by atoms with Crippen molar-refractivity contribution in [1.82, 2.24) is 0 Å². The van der Waals surface area contributed by atoms with Crippen molar-refractivity contribution < 1.29 is 23.9 Å². The fourth-order valence-electron chi connectivity index (χ4n) is 2.75. The lowest BCUT2D eigenvalue weighted by molar-refractivity contribution is -0.133. The van der Waals surface area contributed by atoms with E-state index in [-0.39, 0.29) is 11.3 Å². The fraction of sp³-hybridized carbons (Fsp3) is 0.160. The lowest BCUT2D eigenvalue weighted by atomic mass is 10.1. The molecule has 0 radical (unpaired) electrons. The molecule has 3 rings (SSSR count). The zero-order valence-electron chi connectivity index (χ0n) is 17.7. The minimum absolute atomic E-state index is 0.187. The third-order valence-corrected chi connectivity index (χ3v) is 4.42. The van der Waals surface area contributed by atoms with Crippen LogP contribution >= 0.6 is 0 Å². The Hall–Kier alpha value is -4.13. The largest absolute Gasteiger partial charge is 0.462 e. The van der Waals surface area contributed by atoms with Crippen LogP contribution in [0.25, 0.3) is 0 Å². The first-order chi connectivity index (χ1) is 15.6. The molecular weight excluding hydrogens is 408 g/mol. The van der Waals surface area contributed by atoms with E-state index in [9.17, 15) is 14.4 Å². The Morgan fingerprint density at radius 2 is 1.38 bits per heavy atom. The first kappa shape index (κ1) is 22.6. The summed E-state index contributed by atoms with van der Waals surface area (Å²) in [4.78, 5) is 36.9. The molecule has 3 aromatic carbocycles. The summed E-state index contributed by atoms with van der Waals surface area (Å²) >= 11 is 0. The van der Waals surface area contributed by atoms with Crippen molar-refractivity contribution in [2.24, 2.45) is 0 Å². The Morgan fingerprint density at radius 3 is 2.09 bits per heavy atom. The predicted octanol–water partition coefficient (Wildman–Crippen LogP) is 5.01. The average Bonchev–Trinajstić information content (AvgIpc) is 2.81. The Labute approximate surface area is 186 Å². The molecular formula is C25H24N2O5. The summed E-state index contributed by atoms with van der Waals surface area (Å²) in [5.41, 5.74) is 0.825. The van der Waals surface area contributed by atoms with Crippen molar-refractivity contribution in [2.45, 2.75) is 19.8 Å². The summed E-state index contributed by atoms with van der Waals surface area (Å²) in [5.74, 6) is -1.03. The van der Waals surface area contributed by atoms with Crippen molar-refractivity contribution in [1.29, 1.82) is 0 Å². The number of amides is 2. The third-order valence-electron chi connectivity index (χ3n) is 4.42. The lowest BCUT2D eigenvalue weighted by Crippen LogP contribution is -2.29. The zero-order valence-corrected chi connectivity index (χ0v) is 17.7. The van der Waals surface area contributed by atoms with Crippen molar-refractivity contribution in [3.05, 3.63) is 84.4 Å². The molecule has 0 heterocycles. The molecule has 3 aromatic rings. The molecule has 0 unspecified atom stereocenters. The van der Waals surface area contributed by atoms with Gasteiger partial charge in [-0.05, 0) is 55.0 Å². The first-order valence-electron chi connectivity index (χ1n) is 10.3. The highest BCUT2D eigenvalue weighted by Gasteiger charge is 2.19. The molecule has 0 atom stereocenters. The van der Waals surface area contributed by atoms with E-state index in [1.54, 1.807) is 36.4 Å². The quantitative estimate of drug-likeness (QED) is 0.296. The number of rotatable bonds is 8. The molecule has 0 fully saturated rings. The van der Waals surface area contributed by atoms with Gasteiger partial charge in [-0.2, -0.15) is 0 Å². The Balaban J connectivity index is 1.58. The van der Waals surface area contributed by atoms with Crippen LogP contribution in [0.4, 0.5) is 11.4 Å². The number of para-hydroxylation sites is 2. The molecule has 0 saturated heterocycles. The number of unbranched alkanes of at least 4 members (excludes halogenated alkanes) is 1. The van der Waals surface area contributed by atoms with Crippen LogP contribution in [0.2, 0.25) is 0 Å². The topological polar surface area (TPSA) is 93.7 Å². The van der Waals surface area contributed by atoms with Crippen LogP contribution in [0.1, 0.15) is 30.1 Å². The summed E-state index contributed by atoms with van der Waals surface area (Å²) in [6.45, 7) is 2.28. The van der Waals surface area contributed by atoms with E-state index in [0.717, 1.165) is 12.8 Å². The smallest absolute Gasteiger partial charge is 0.340 e. The van der Waals surface area contributed by atoms with Crippen molar-refractivity contribution in [2.75, 3.05) is 17.2 Å². The molecule has 0 spiro atoms. The van der Waals surface area contributed by atoms with Gasteiger partial charge in [0.1, 0.15) is 11.5 Å². The van der Waals surface area contributed by atoms with Gasteiger partial charge in [-0.25, -0.2) is 4.79 Å². The van der Waals surface area contributed by atoms with Gasteiger partial charge in [0.05, 0.1) is 17.9 Å². The van der Waals surface area contributed by atoms with E-state index < -0.39 is 17.8 Å². The lowest BCUT2D eigenvalue weighted by Gasteiger charge is -2.11. The third kappa shape index (κ3) is 6.43. The molecule has 7 heteroatoms. The van der Waals surface area contributed by atoms with E-state index in [2.05, 4.69) is 10.6 Å². The highest BCUT2D eigenvalue weighted by Crippen LogP contribution is 2.23. The van der Waals surface area contributed by atoms with Crippen molar-refractivity contribution >= 4 is 29.2 Å².